The Hall–Kier alpha value is -2.47. The van der Waals surface area contributed by atoms with Crippen LogP contribution < -0.4 is 10.1 Å². The summed E-state index contributed by atoms with van der Waals surface area (Å²) in [5.41, 5.74) is 2.02. The van der Waals surface area contributed by atoms with Gasteiger partial charge in [0, 0.05) is 30.5 Å². The molecular weight excluding hydrogens is 304 g/mol. The zero-order valence-corrected chi connectivity index (χ0v) is 13.8. The SMILES string of the molecule is Cc1ccc(NC(=O)CN2CCC(COc3cnccn3)C2)cc1. The Bertz CT molecular complexity index is 660. The monoisotopic (exact) mass is 326 g/mol. The van der Waals surface area contributed by atoms with E-state index < -0.39 is 0 Å². The number of nitrogens with zero attached hydrogens (tertiary/aromatic N) is 3. The van der Waals surface area contributed by atoms with Gasteiger partial charge in [0.2, 0.25) is 11.8 Å². The van der Waals surface area contributed by atoms with Gasteiger partial charge >= 0.3 is 0 Å². The predicted octanol–water partition coefficient (Wildman–Crippen LogP) is 2.12. The van der Waals surface area contributed by atoms with Crippen molar-refractivity contribution < 1.29 is 9.53 Å². The summed E-state index contributed by atoms with van der Waals surface area (Å²) in [6.45, 7) is 4.82. The van der Waals surface area contributed by atoms with E-state index in [1.54, 1.807) is 18.6 Å². The van der Waals surface area contributed by atoms with Crippen molar-refractivity contribution in [2.75, 3.05) is 31.6 Å². The maximum absolute atomic E-state index is 12.1. The number of likely N-dealkylation sites (tertiary alicyclic amines) is 1. The molecule has 1 amide bonds. The summed E-state index contributed by atoms with van der Waals surface area (Å²) in [5, 5.41) is 2.94. The summed E-state index contributed by atoms with van der Waals surface area (Å²) >= 11 is 0. The van der Waals surface area contributed by atoms with Gasteiger partial charge in [-0.05, 0) is 32.0 Å². The number of ether oxygens (including phenoxy) is 1. The molecule has 0 spiro atoms. The van der Waals surface area contributed by atoms with Crippen molar-refractivity contribution in [3.8, 4) is 5.88 Å². The highest BCUT2D eigenvalue weighted by atomic mass is 16.5. The normalized spacial score (nSPS) is 17.6. The van der Waals surface area contributed by atoms with Gasteiger partial charge < -0.3 is 10.1 Å². The number of carbonyl (C=O) groups excluding carboxylic acids is 1. The number of aryl methyl sites for hydroxylation is 1. The van der Waals surface area contributed by atoms with Crippen LogP contribution in [0.3, 0.4) is 0 Å². The first kappa shape index (κ1) is 16.4. The minimum Gasteiger partial charge on any atom is -0.476 e. The minimum atomic E-state index is 0.0225. The minimum absolute atomic E-state index is 0.0225. The van der Waals surface area contributed by atoms with Crippen LogP contribution in [0.15, 0.2) is 42.9 Å². The van der Waals surface area contributed by atoms with Crippen LogP contribution in [0.1, 0.15) is 12.0 Å². The average molecular weight is 326 g/mol. The highest BCUT2D eigenvalue weighted by Crippen LogP contribution is 2.17. The molecule has 1 saturated heterocycles. The summed E-state index contributed by atoms with van der Waals surface area (Å²) in [6, 6.07) is 7.83. The molecule has 2 aromatic rings. The average Bonchev–Trinajstić information content (AvgIpc) is 3.03. The molecule has 1 aromatic heterocycles. The molecule has 1 aromatic carbocycles. The molecule has 126 valence electrons. The summed E-state index contributed by atoms with van der Waals surface area (Å²) < 4.78 is 5.65. The molecule has 3 rings (SSSR count). The highest BCUT2D eigenvalue weighted by Gasteiger charge is 2.24. The summed E-state index contributed by atoms with van der Waals surface area (Å²) in [4.78, 5) is 22.4. The summed E-state index contributed by atoms with van der Waals surface area (Å²) in [6.07, 6.45) is 5.88. The number of amides is 1. The van der Waals surface area contributed by atoms with E-state index in [-0.39, 0.29) is 5.91 Å². The first-order valence-electron chi connectivity index (χ1n) is 8.17. The Morgan fingerprint density at radius 2 is 2.17 bits per heavy atom. The predicted molar refractivity (Wildman–Crippen MR) is 91.9 cm³/mol. The van der Waals surface area contributed by atoms with Gasteiger partial charge in [-0.2, -0.15) is 0 Å². The quantitative estimate of drug-likeness (QED) is 0.881. The molecule has 0 bridgehead atoms. The van der Waals surface area contributed by atoms with Crippen LogP contribution in [0.2, 0.25) is 0 Å². The number of rotatable bonds is 6. The van der Waals surface area contributed by atoms with Gasteiger partial charge in [0.25, 0.3) is 0 Å². The van der Waals surface area contributed by atoms with Crippen molar-refractivity contribution in [2.45, 2.75) is 13.3 Å². The lowest BCUT2D eigenvalue weighted by Gasteiger charge is -2.16. The Morgan fingerprint density at radius 1 is 1.33 bits per heavy atom. The Kier molecular flexibility index (Phi) is 5.38. The summed E-state index contributed by atoms with van der Waals surface area (Å²) in [5.74, 6) is 0.988. The maximum Gasteiger partial charge on any atom is 0.238 e. The molecule has 6 nitrogen and oxygen atoms in total. The molecule has 1 unspecified atom stereocenters. The molecule has 1 aliphatic heterocycles. The van der Waals surface area contributed by atoms with Crippen LogP contribution >= 0.6 is 0 Å². The van der Waals surface area contributed by atoms with E-state index in [4.69, 9.17) is 4.74 Å². The lowest BCUT2D eigenvalue weighted by Crippen LogP contribution is -2.32. The van der Waals surface area contributed by atoms with Crippen LogP contribution in [0.25, 0.3) is 0 Å². The smallest absolute Gasteiger partial charge is 0.238 e. The van der Waals surface area contributed by atoms with Gasteiger partial charge in [-0.3, -0.25) is 14.7 Å². The van der Waals surface area contributed by atoms with E-state index in [9.17, 15) is 4.79 Å². The van der Waals surface area contributed by atoms with Crippen LogP contribution in [0.4, 0.5) is 5.69 Å². The third-order valence-corrected chi connectivity index (χ3v) is 4.08. The number of hydrogen-bond acceptors (Lipinski definition) is 5. The van der Waals surface area contributed by atoms with E-state index in [2.05, 4.69) is 20.2 Å². The van der Waals surface area contributed by atoms with E-state index in [1.165, 1.54) is 5.56 Å². The largest absolute Gasteiger partial charge is 0.476 e. The van der Waals surface area contributed by atoms with E-state index in [0.29, 0.717) is 24.9 Å². The second-order valence-corrected chi connectivity index (χ2v) is 6.16. The van der Waals surface area contributed by atoms with Crippen LogP contribution in [-0.4, -0.2) is 47.0 Å². The molecule has 1 fully saturated rings. The van der Waals surface area contributed by atoms with Crippen molar-refractivity contribution in [1.82, 2.24) is 14.9 Å². The standard InChI is InChI=1S/C18H22N4O2/c1-14-2-4-16(5-3-14)21-17(23)12-22-9-6-15(11-22)13-24-18-10-19-7-8-20-18/h2-5,7-8,10,15H,6,9,11-13H2,1H3,(H,21,23). The first-order chi connectivity index (χ1) is 11.7. The second kappa shape index (κ2) is 7.88. The van der Waals surface area contributed by atoms with Crippen LogP contribution in [0.5, 0.6) is 5.88 Å². The molecule has 1 atom stereocenters. The molecule has 1 aliphatic rings. The molecule has 0 aliphatic carbocycles. The van der Waals surface area contributed by atoms with Crippen molar-refractivity contribution in [1.29, 1.82) is 0 Å². The van der Waals surface area contributed by atoms with E-state index in [1.807, 2.05) is 31.2 Å². The molecule has 1 N–H and O–H groups in total. The van der Waals surface area contributed by atoms with Gasteiger partial charge in [0.05, 0.1) is 19.3 Å². The summed E-state index contributed by atoms with van der Waals surface area (Å²) in [7, 11) is 0. The topological polar surface area (TPSA) is 67.4 Å². The number of carbonyl (C=O) groups is 1. The Balaban J connectivity index is 1.40. The number of anilines is 1. The number of hydrogen-bond donors (Lipinski definition) is 1. The van der Waals surface area contributed by atoms with E-state index >= 15 is 0 Å². The van der Waals surface area contributed by atoms with Crippen molar-refractivity contribution in [3.63, 3.8) is 0 Å². The molecule has 6 heteroatoms. The van der Waals surface area contributed by atoms with E-state index in [0.717, 1.165) is 25.2 Å². The lowest BCUT2D eigenvalue weighted by atomic mass is 10.1. The Labute approximate surface area is 141 Å². The van der Waals surface area contributed by atoms with Gasteiger partial charge in [-0.25, -0.2) is 4.98 Å². The molecule has 0 saturated carbocycles. The second-order valence-electron chi connectivity index (χ2n) is 6.16. The fraction of sp³-hybridized carbons (Fsp3) is 0.389. The third-order valence-electron chi connectivity index (χ3n) is 4.08. The highest BCUT2D eigenvalue weighted by molar-refractivity contribution is 5.92. The van der Waals surface area contributed by atoms with Crippen molar-refractivity contribution in [3.05, 3.63) is 48.4 Å². The van der Waals surface area contributed by atoms with Crippen LogP contribution in [-0.2, 0) is 4.79 Å². The zero-order chi connectivity index (χ0) is 16.8. The zero-order valence-electron chi connectivity index (χ0n) is 13.8. The molecule has 0 radical (unpaired) electrons. The number of aromatic nitrogens is 2. The Morgan fingerprint density at radius 3 is 2.92 bits per heavy atom. The van der Waals surface area contributed by atoms with Gasteiger partial charge in [-0.1, -0.05) is 17.7 Å². The fourth-order valence-corrected chi connectivity index (χ4v) is 2.80. The number of benzene rings is 1. The molecule has 2 heterocycles. The van der Waals surface area contributed by atoms with Gasteiger partial charge in [0.1, 0.15) is 0 Å². The maximum atomic E-state index is 12.1. The first-order valence-corrected chi connectivity index (χ1v) is 8.17. The van der Waals surface area contributed by atoms with Crippen molar-refractivity contribution >= 4 is 11.6 Å². The van der Waals surface area contributed by atoms with Gasteiger partial charge in [-0.15, -0.1) is 0 Å². The van der Waals surface area contributed by atoms with Crippen molar-refractivity contribution in [2.24, 2.45) is 5.92 Å². The lowest BCUT2D eigenvalue weighted by molar-refractivity contribution is -0.117. The number of nitrogens with one attached hydrogen (secondary N) is 1. The fourth-order valence-electron chi connectivity index (χ4n) is 2.80. The molecule has 24 heavy (non-hydrogen) atoms. The molecular formula is C18H22N4O2. The van der Waals surface area contributed by atoms with Gasteiger partial charge in [0.15, 0.2) is 0 Å². The third kappa shape index (κ3) is 4.76. The van der Waals surface area contributed by atoms with Crippen LogP contribution in [0, 0.1) is 12.8 Å².